The van der Waals surface area contributed by atoms with Crippen LogP contribution in [0, 0.1) is 0 Å². The predicted molar refractivity (Wildman–Crippen MR) is 74.1 cm³/mol. The third-order valence-electron chi connectivity index (χ3n) is 2.82. The van der Waals surface area contributed by atoms with Crippen LogP contribution in [0.3, 0.4) is 0 Å². The van der Waals surface area contributed by atoms with Crippen molar-refractivity contribution < 1.29 is 23.1 Å². The Kier molecular flexibility index (Phi) is 6.48. The van der Waals surface area contributed by atoms with Gasteiger partial charge >= 0.3 is 12.2 Å². The quantitative estimate of drug-likeness (QED) is 0.756. The minimum absolute atomic E-state index is 0.0334. The number of aliphatic hydroxyl groups excluding tert-OH is 1. The molecule has 0 aliphatic rings. The van der Waals surface area contributed by atoms with Gasteiger partial charge in [-0.15, -0.1) is 0 Å². The fraction of sp³-hybridized carbons (Fsp3) is 0.500. The highest BCUT2D eigenvalue weighted by Gasteiger charge is 2.26. The first-order chi connectivity index (χ1) is 9.80. The minimum Gasteiger partial charge on any atom is -0.396 e. The summed E-state index contributed by atoms with van der Waals surface area (Å²) >= 11 is 0. The fourth-order valence-corrected chi connectivity index (χ4v) is 1.75. The molecule has 2 amide bonds. The predicted octanol–water partition coefficient (Wildman–Crippen LogP) is 3.07. The van der Waals surface area contributed by atoms with E-state index in [0.29, 0.717) is 17.7 Å². The van der Waals surface area contributed by atoms with Gasteiger partial charge in [-0.25, -0.2) is 4.79 Å². The van der Waals surface area contributed by atoms with Crippen molar-refractivity contribution in [2.24, 2.45) is 0 Å². The largest absolute Gasteiger partial charge is 0.396 e. The number of hydrogen-bond donors (Lipinski definition) is 3. The third-order valence-corrected chi connectivity index (χ3v) is 2.82. The number of benzene rings is 1. The molecule has 0 unspecified atom stereocenters. The molecular weight excluding hydrogens is 285 g/mol. The summed E-state index contributed by atoms with van der Waals surface area (Å²) in [6.45, 7) is 1.71. The van der Waals surface area contributed by atoms with Gasteiger partial charge in [0.05, 0.1) is 0 Å². The van der Waals surface area contributed by atoms with E-state index in [-0.39, 0.29) is 19.1 Å². The number of alkyl halides is 3. The molecule has 0 saturated heterocycles. The normalized spacial score (nSPS) is 12.8. The molecule has 0 aromatic heterocycles. The van der Waals surface area contributed by atoms with Crippen LogP contribution in [0.2, 0.25) is 0 Å². The molecule has 0 bridgehead atoms. The average Bonchev–Trinajstić information content (AvgIpc) is 2.36. The maximum absolute atomic E-state index is 12.2. The molecule has 118 valence electrons. The number of hydrogen-bond acceptors (Lipinski definition) is 2. The van der Waals surface area contributed by atoms with Crippen LogP contribution in [0.5, 0.6) is 0 Å². The van der Waals surface area contributed by atoms with Crippen LogP contribution in [0.4, 0.5) is 23.7 Å². The molecule has 1 atom stereocenters. The molecule has 0 aliphatic heterocycles. The van der Waals surface area contributed by atoms with Crippen LogP contribution >= 0.6 is 0 Å². The van der Waals surface area contributed by atoms with Crippen LogP contribution in [-0.2, 0) is 6.42 Å². The first-order valence-electron chi connectivity index (χ1n) is 6.64. The molecule has 7 heteroatoms. The van der Waals surface area contributed by atoms with Crippen molar-refractivity contribution in [3.8, 4) is 0 Å². The number of anilines is 1. The first-order valence-corrected chi connectivity index (χ1v) is 6.64. The van der Waals surface area contributed by atoms with E-state index in [9.17, 15) is 18.0 Å². The molecule has 0 saturated carbocycles. The smallest absolute Gasteiger partial charge is 0.389 e. The number of aryl methyl sites for hydroxylation is 1. The van der Waals surface area contributed by atoms with Gasteiger partial charge < -0.3 is 15.7 Å². The zero-order valence-corrected chi connectivity index (χ0v) is 11.7. The molecule has 21 heavy (non-hydrogen) atoms. The molecule has 0 spiro atoms. The van der Waals surface area contributed by atoms with Crippen LogP contribution in [0.1, 0.15) is 25.3 Å². The third kappa shape index (κ3) is 7.55. The van der Waals surface area contributed by atoms with E-state index in [0.717, 1.165) is 0 Å². The molecule has 0 aliphatic carbocycles. The Hall–Kier alpha value is -1.76. The standard InChI is InChI=1S/C14H19F3N2O2/c1-10(6-8-20)18-13(21)19-12-4-2-3-11(9-12)5-7-14(15,16)17/h2-4,9-10,20H,5-8H2,1H3,(H2,18,19,21)/t10-/m1/s1. The van der Waals surface area contributed by atoms with Crippen LogP contribution in [-0.4, -0.2) is 30.0 Å². The summed E-state index contributed by atoms with van der Waals surface area (Å²) in [4.78, 5) is 11.6. The number of carbonyl (C=O) groups excluding carboxylic acids is 1. The highest BCUT2D eigenvalue weighted by atomic mass is 19.4. The minimum atomic E-state index is -4.19. The number of halogens is 3. The number of carbonyl (C=O) groups is 1. The van der Waals surface area contributed by atoms with Gasteiger partial charge in [0.2, 0.25) is 0 Å². The number of aliphatic hydroxyl groups is 1. The van der Waals surface area contributed by atoms with Crippen molar-refractivity contribution in [1.82, 2.24) is 5.32 Å². The summed E-state index contributed by atoms with van der Waals surface area (Å²) in [6.07, 6.45) is -4.78. The Morgan fingerprint density at radius 3 is 2.71 bits per heavy atom. The van der Waals surface area contributed by atoms with Gasteiger partial charge in [-0.3, -0.25) is 0 Å². The Bertz CT molecular complexity index is 464. The summed E-state index contributed by atoms with van der Waals surface area (Å²) in [5.41, 5.74) is 0.942. The number of nitrogens with one attached hydrogen (secondary N) is 2. The Morgan fingerprint density at radius 2 is 2.10 bits per heavy atom. The molecule has 0 radical (unpaired) electrons. The lowest BCUT2D eigenvalue weighted by Gasteiger charge is -2.14. The van der Waals surface area contributed by atoms with Gasteiger partial charge in [-0.2, -0.15) is 13.2 Å². The SMILES string of the molecule is C[C@H](CCO)NC(=O)Nc1cccc(CCC(F)(F)F)c1. The molecule has 1 aromatic rings. The monoisotopic (exact) mass is 304 g/mol. The molecule has 1 aromatic carbocycles. The maximum atomic E-state index is 12.2. The lowest BCUT2D eigenvalue weighted by Crippen LogP contribution is -2.36. The van der Waals surface area contributed by atoms with Crippen molar-refractivity contribution in [3.05, 3.63) is 29.8 Å². The fourth-order valence-electron chi connectivity index (χ4n) is 1.75. The second-order valence-electron chi connectivity index (χ2n) is 4.83. The number of rotatable bonds is 6. The zero-order chi connectivity index (χ0) is 15.9. The zero-order valence-electron chi connectivity index (χ0n) is 11.7. The summed E-state index contributed by atoms with van der Waals surface area (Å²) < 4.78 is 36.5. The van der Waals surface area contributed by atoms with E-state index in [2.05, 4.69) is 10.6 Å². The first kappa shape index (κ1) is 17.3. The van der Waals surface area contributed by atoms with Crippen molar-refractivity contribution in [1.29, 1.82) is 0 Å². The van der Waals surface area contributed by atoms with Gasteiger partial charge in [0.15, 0.2) is 0 Å². The van der Waals surface area contributed by atoms with Gasteiger partial charge in [0.1, 0.15) is 0 Å². The van der Waals surface area contributed by atoms with Gasteiger partial charge in [-0.1, -0.05) is 12.1 Å². The van der Waals surface area contributed by atoms with Gasteiger partial charge in [0, 0.05) is 24.8 Å². The highest BCUT2D eigenvalue weighted by Crippen LogP contribution is 2.23. The molecule has 4 nitrogen and oxygen atoms in total. The molecule has 1 rings (SSSR count). The Balaban J connectivity index is 2.54. The van der Waals surface area contributed by atoms with E-state index < -0.39 is 18.6 Å². The summed E-state index contributed by atoms with van der Waals surface area (Å²) in [7, 11) is 0. The van der Waals surface area contributed by atoms with E-state index in [1.807, 2.05) is 0 Å². The molecule has 0 fully saturated rings. The van der Waals surface area contributed by atoms with Crippen LogP contribution < -0.4 is 10.6 Å². The molecule has 3 N–H and O–H groups in total. The topological polar surface area (TPSA) is 61.4 Å². The molecular formula is C14H19F3N2O2. The van der Waals surface area contributed by atoms with Gasteiger partial charge in [0.25, 0.3) is 0 Å². The van der Waals surface area contributed by atoms with Crippen molar-refractivity contribution in [3.63, 3.8) is 0 Å². The van der Waals surface area contributed by atoms with E-state index >= 15 is 0 Å². The van der Waals surface area contributed by atoms with Crippen LogP contribution in [0.25, 0.3) is 0 Å². The second-order valence-corrected chi connectivity index (χ2v) is 4.83. The Morgan fingerprint density at radius 1 is 1.38 bits per heavy atom. The summed E-state index contributed by atoms with van der Waals surface area (Å²) in [5, 5.41) is 13.9. The van der Waals surface area contributed by atoms with E-state index in [4.69, 9.17) is 5.11 Å². The second kappa shape index (κ2) is 7.87. The van der Waals surface area contributed by atoms with E-state index in [1.54, 1.807) is 25.1 Å². The summed E-state index contributed by atoms with van der Waals surface area (Å²) in [5.74, 6) is 0. The maximum Gasteiger partial charge on any atom is 0.389 e. The lowest BCUT2D eigenvalue weighted by molar-refractivity contribution is -0.133. The average molecular weight is 304 g/mol. The number of urea groups is 1. The molecule has 0 heterocycles. The van der Waals surface area contributed by atoms with Crippen LogP contribution in [0.15, 0.2) is 24.3 Å². The van der Waals surface area contributed by atoms with E-state index in [1.165, 1.54) is 6.07 Å². The van der Waals surface area contributed by atoms with Crippen molar-refractivity contribution >= 4 is 11.7 Å². The van der Waals surface area contributed by atoms with Gasteiger partial charge in [-0.05, 0) is 37.5 Å². The van der Waals surface area contributed by atoms with Crippen molar-refractivity contribution in [2.75, 3.05) is 11.9 Å². The summed E-state index contributed by atoms with van der Waals surface area (Å²) in [6, 6.07) is 5.66. The Labute approximate surface area is 121 Å². The van der Waals surface area contributed by atoms with Crippen molar-refractivity contribution in [2.45, 2.75) is 38.4 Å². The lowest BCUT2D eigenvalue weighted by atomic mass is 10.1. The highest BCUT2D eigenvalue weighted by molar-refractivity contribution is 5.89. The number of amides is 2.